The molecule has 0 aliphatic rings. The lowest BCUT2D eigenvalue weighted by atomic mass is 10.3. The molecule has 24 heavy (non-hydrogen) atoms. The van der Waals surface area contributed by atoms with Crippen molar-refractivity contribution in [3.8, 4) is 0 Å². The van der Waals surface area contributed by atoms with Crippen molar-refractivity contribution in [2.45, 2.75) is 0 Å². The Kier molecular flexibility index (Phi) is 4.81. The number of amides is 1. The number of carbonyl (C=O) groups excluding carboxylic acids is 1. The molecule has 0 fully saturated rings. The Morgan fingerprint density at radius 1 is 1.00 bits per heavy atom. The van der Waals surface area contributed by atoms with E-state index in [2.05, 4.69) is 36.5 Å². The van der Waals surface area contributed by atoms with Gasteiger partial charge in [0.05, 0.1) is 12.4 Å². The minimum atomic E-state index is -0.414. The Morgan fingerprint density at radius 2 is 1.79 bits per heavy atom. The predicted octanol–water partition coefficient (Wildman–Crippen LogP) is 4.37. The van der Waals surface area contributed by atoms with Crippen molar-refractivity contribution in [3.05, 3.63) is 76.9 Å². The molecule has 0 aliphatic carbocycles. The summed E-state index contributed by atoms with van der Waals surface area (Å²) in [5, 5.41) is 5.72. The number of aromatic nitrogens is 2. The molecule has 2 N–H and O–H groups in total. The zero-order chi connectivity index (χ0) is 16.9. The highest BCUT2D eigenvalue weighted by atomic mass is 79.9. The maximum absolute atomic E-state index is 12.9. The molecule has 0 aliphatic heterocycles. The Bertz CT molecular complexity index is 853. The molecule has 5 nitrogen and oxygen atoms in total. The summed E-state index contributed by atoms with van der Waals surface area (Å²) in [6, 6.07) is 13.1. The maximum atomic E-state index is 12.9. The molecule has 0 unspecified atom stereocenters. The molecule has 1 heterocycles. The summed E-state index contributed by atoms with van der Waals surface area (Å²) < 4.78 is 13.8. The van der Waals surface area contributed by atoms with Crippen molar-refractivity contribution in [1.82, 2.24) is 9.97 Å². The lowest BCUT2D eigenvalue weighted by Crippen LogP contribution is -2.14. The zero-order valence-corrected chi connectivity index (χ0v) is 13.9. The molecule has 0 radical (unpaired) electrons. The van der Waals surface area contributed by atoms with Gasteiger partial charge in [-0.2, -0.15) is 0 Å². The van der Waals surface area contributed by atoms with Crippen LogP contribution >= 0.6 is 15.9 Å². The number of halogens is 2. The molecule has 0 bridgehead atoms. The van der Waals surface area contributed by atoms with Crippen LogP contribution in [-0.2, 0) is 0 Å². The molecule has 1 aromatic heterocycles. The standard InChI is InChI=1S/C17H12BrFN4O/c18-11-2-1-3-14(8-11)22-16-10-20-15(9-21-16)17(24)23-13-6-4-12(19)5-7-13/h1-10H,(H,21,22)(H,23,24). The predicted molar refractivity (Wildman–Crippen MR) is 93.8 cm³/mol. The number of rotatable bonds is 4. The third-order valence-electron chi connectivity index (χ3n) is 3.08. The van der Waals surface area contributed by atoms with E-state index in [0.717, 1.165) is 10.2 Å². The van der Waals surface area contributed by atoms with Crippen LogP contribution in [0.25, 0.3) is 0 Å². The lowest BCUT2D eigenvalue weighted by molar-refractivity contribution is 0.102. The van der Waals surface area contributed by atoms with Gasteiger partial charge in [0.2, 0.25) is 0 Å². The van der Waals surface area contributed by atoms with Crippen molar-refractivity contribution in [2.24, 2.45) is 0 Å². The van der Waals surface area contributed by atoms with Gasteiger partial charge in [0, 0.05) is 15.8 Å². The first kappa shape index (κ1) is 16.1. The van der Waals surface area contributed by atoms with Crippen molar-refractivity contribution >= 4 is 39.0 Å². The number of nitrogens with one attached hydrogen (secondary N) is 2. The largest absolute Gasteiger partial charge is 0.339 e. The van der Waals surface area contributed by atoms with E-state index in [1.54, 1.807) is 0 Å². The van der Waals surface area contributed by atoms with Crippen molar-refractivity contribution < 1.29 is 9.18 Å². The second-order valence-electron chi connectivity index (χ2n) is 4.88. The number of benzene rings is 2. The molecule has 7 heteroatoms. The van der Waals surface area contributed by atoms with Crippen LogP contribution in [0.2, 0.25) is 0 Å². The van der Waals surface area contributed by atoms with Crippen LogP contribution in [0.1, 0.15) is 10.5 Å². The summed E-state index contributed by atoms with van der Waals surface area (Å²) in [6.07, 6.45) is 2.85. The van der Waals surface area contributed by atoms with Gasteiger partial charge in [-0.05, 0) is 42.5 Å². The van der Waals surface area contributed by atoms with Crippen LogP contribution in [0.4, 0.5) is 21.6 Å². The van der Waals surface area contributed by atoms with E-state index in [1.807, 2.05) is 24.3 Å². The first-order valence-corrected chi connectivity index (χ1v) is 7.81. The average molecular weight is 387 g/mol. The smallest absolute Gasteiger partial charge is 0.275 e. The van der Waals surface area contributed by atoms with Crippen LogP contribution < -0.4 is 10.6 Å². The van der Waals surface area contributed by atoms with Gasteiger partial charge in [0.25, 0.3) is 5.91 Å². The first-order valence-electron chi connectivity index (χ1n) is 7.02. The van der Waals surface area contributed by atoms with Crippen molar-refractivity contribution in [3.63, 3.8) is 0 Å². The minimum absolute atomic E-state index is 0.166. The number of hydrogen-bond donors (Lipinski definition) is 2. The number of anilines is 3. The Balaban J connectivity index is 1.67. The molecule has 0 saturated carbocycles. The summed E-state index contributed by atoms with van der Waals surface area (Å²) in [4.78, 5) is 20.3. The van der Waals surface area contributed by atoms with E-state index in [-0.39, 0.29) is 11.5 Å². The SMILES string of the molecule is O=C(Nc1ccc(F)cc1)c1cnc(Nc2cccc(Br)c2)cn1. The van der Waals surface area contributed by atoms with Gasteiger partial charge in [0.1, 0.15) is 17.3 Å². The van der Waals surface area contributed by atoms with E-state index in [0.29, 0.717) is 11.5 Å². The highest BCUT2D eigenvalue weighted by molar-refractivity contribution is 9.10. The summed E-state index contributed by atoms with van der Waals surface area (Å²) in [7, 11) is 0. The van der Waals surface area contributed by atoms with Crippen LogP contribution in [0.3, 0.4) is 0 Å². The van der Waals surface area contributed by atoms with Gasteiger partial charge >= 0.3 is 0 Å². The van der Waals surface area contributed by atoms with Crippen LogP contribution in [-0.4, -0.2) is 15.9 Å². The summed E-state index contributed by atoms with van der Waals surface area (Å²) >= 11 is 3.39. The van der Waals surface area contributed by atoms with Gasteiger partial charge in [-0.1, -0.05) is 22.0 Å². The van der Waals surface area contributed by atoms with Crippen molar-refractivity contribution in [1.29, 1.82) is 0 Å². The monoisotopic (exact) mass is 386 g/mol. The quantitative estimate of drug-likeness (QED) is 0.698. The minimum Gasteiger partial charge on any atom is -0.339 e. The van der Waals surface area contributed by atoms with E-state index in [4.69, 9.17) is 0 Å². The molecular formula is C17H12BrFN4O. The van der Waals surface area contributed by atoms with Gasteiger partial charge < -0.3 is 10.6 Å². The Hall–Kier alpha value is -2.80. The van der Waals surface area contributed by atoms with Gasteiger partial charge in [-0.25, -0.2) is 14.4 Å². The molecule has 3 aromatic rings. The fraction of sp³-hybridized carbons (Fsp3) is 0. The van der Waals surface area contributed by atoms with E-state index < -0.39 is 5.91 Å². The molecule has 120 valence electrons. The van der Waals surface area contributed by atoms with E-state index in [9.17, 15) is 9.18 Å². The van der Waals surface area contributed by atoms with Gasteiger partial charge in [-0.15, -0.1) is 0 Å². The molecule has 3 rings (SSSR count). The molecule has 2 aromatic carbocycles. The lowest BCUT2D eigenvalue weighted by Gasteiger charge is -2.07. The third-order valence-corrected chi connectivity index (χ3v) is 3.58. The average Bonchev–Trinajstić information content (AvgIpc) is 2.57. The second kappa shape index (κ2) is 7.18. The van der Waals surface area contributed by atoms with E-state index >= 15 is 0 Å². The van der Waals surface area contributed by atoms with E-state index in [1.165, 1.54) is 36.7 Å². The maximum Gasteiger partial charge on any atom is 0.275 e. The molecule has 0 spiro atoms. The topological polar surface area (TPSA) is 66.9 Å². The number of hydrogen-bond acceptors (Lipinski definition) is 4. The normalized spacial score (nSPS) is 10.2. The summed E-state index contributed by atoms with van der Waals surface area (Å²) in [5.74, 6) is -0.259. The molecule has 0 saturated heterocycles. The van der Waals surface area contributed by atoms with Gasteiger partial charge in [0.15, 0.2) is 0 Å². The second-order valence-corrected chi connectivity index (χ2v) is 5.80. The number of nitrogens with zero attached hydrogens (tertiary/aromatic N) is 2. The fourth-order valence-corrected chi connectivity index (χ4v) is 2.35. The summed E-state index contributed by atoms with van der Waals surface area (Å²) in [6.45, 7) is 0. The first-order chi connectivity index (χ1) is 11.6. The van der Waals surface area contributed by atoms with Crippen LogP contribution in [0, 0.1) is 5.82 Å². The molecule has 1 amide bonds. The summed E-state index contributed by atoms with van der Waals surface area (Å²) in [5.41, 5.74) is 1.50. The Morgan fingerprint density at radius 3 is 2.46 bits per heavy atom. The van der Waals surface area contributed by atoms with Crippen LogP contribution in [0.5, 0.6) is 0 Å². The molecular weight excluding hydrogens is 375 g/mol. The highest BCUT2D eigenvalue weighted by Gasteiger charge is 2.09. The Labute approximate surface area is 146 Å². The van der Waals surface area contributed by atoms with Gasteiger partial charge in [-0.3, -0.25) is 4.79 Å². The highest BCUT2D eigenvalue weighted by Crippen LogP contribution is 2.19. The molecule has 0 atom stereocenters. The zero-order valence-electron chi connectivity index (χ0n) is 12.3. The number of carbonyl (C=O) groups is 1. The van der Waals surface area contributed by atoms with Crippen molar-refractivity contribution in [2.75, 3.05) is 10.6 Å². The van der Waals surface area contributed by atoms with Crippen LogP contribution in [0.15, 0.2) is 65.4 Å². The third kappa shape index (κ3) is 4.14. The fourth-order valence-electron chi connectivity index (χ4n) is 1.95.